The average Bonchev–Trinajstić information content (AvgIpc) is 2.41. The van der Waals surface area contributed by atoms with Gasteiger partial charge in [0.2, 0.25) is 0 Å². The van der Waals surface area contributed by atoms with Crippen molar-refractivity contribution in [1.82, 2.24) is 0 Å². The molecule has 0 saturated carbocycles. The normalized spacial score (nSPS) is 10.6. The Balaban J connectivity index is 1.98. The predicted molar refractivity (Wildman–Crippen MR) is 71.0 cm³/mol. The lowest BCUT2D eigenvalue weighted by Crippen LogP contribution is -1.96. The highest BCUT2D eigenvalue weighted by molar-refractivity contribution is 5.89. The van der Waals surface area contributed by atoms with E-state index in [2.05, 4.69) is 10.5 Å². The fraction of sp³-hybridized carbons (Fsp3) is 0. The molecule has 5 heteroatoms. The third-order valence-electron chi connectivity index (χ3n) is 2.41. The quantitative estimate of drug-likeness (QED) is 0.654. The lowest BCUT2D eigenvalue weighted by Gasteiger charge is -1.99. The van der Waals surface area contributed by atoms with Gasteiger partial charge in [0.1, 0.15) is 5.82 Å². The summed E-state index contributed by atoms with van der Waals surface area (Å²) in [6.07, 6.45) is 1.55. The number of rotatable bonds is 4. The molecule has 19 heavy (non-hydrogen) atoms. The zero-order valence-corrected chi connectivity index (χ0v) is 9.88. The SMILES string of the molecule is O=C(O)c1ccc(/C=N\Nc2ccc(F)cc2)cc1. The number of halogens is 1. The molecule has 2 aromatic rings. The number of aromatic carboxylic acids is 1. The van der Waals surface area contributed by atoms with Crippen LogP contribution in [0.15, 0.2) is 53.6 Å². The molecule has 0 bridgehead atoms. The Labute approximate surface area is 109 Å². The Morgan fingerprint density at radius 1 is 1.11 bits per heavy atom. The minimum atomic E-state index is -0.965. The molecule has 0 unspecified atom stereocenters. The topological polar surface area (TPSA) is 61.7 Å². The highest BCUT2D eigenvalue weighted by Gasteiger charge is 2.00. The van der Waals surface area contributed by atoms with Crippen LogP contribution in [0.1, 0.15) is 15.9 Å². The maximum Gasteiger partial charge on any atom is 0.335 e. The van der Waals surface area contributed by atoms with Crippen LogP contribution >= 0.6 is 0 Å². The first kappa shape index (κ1) is 12.8. The molecule has 96 valence electrons. The molecule has 2 aromatic carbocycles. The number of carboxylic acids is 1. The van der Waals surface area contributed by atoms with E-state index in [0.29, 0.717) is 5.69 Å². The summed E-state index contributed by atoms with van der Waals surface area (Å²) in [5.74, 6) is -1.27. The fourth-order valence-corrected chi connectivity index (χ4v) is 1.42. The third-order valence-corrected chi connectivity index (χ3v) is 2.41. The van der Waals surface area contributed by atoms with Crippen molar-refractivity contribution in [1.29, 1.82) is 0 Å². The Bertz CT molecular complexity index is 592. The van der Waals surface area contributed by atoms with Gasteiger partial charge in [-0.3, -0.25) is 5.43 Å². The Hall–Kier alpha value is -2.69. The fourth-order valence-electron chi connectivity index (χ4n) is 1.42. The van der Waals surface area contributed by atoms with E-state index in [-0.39, 0.29) is 11.4 Å². The Morgan fingerprint density at radius 2 is 1.74 bits per heavy atom. The van der Waals surface area contributed by atoms with Crippen LogP contribution in [0.25, 0.3) is 0 Å². The number of hydrogen-bond acceptors (Lipinski definition) is 3. The zero-order valence-electron chi connectivity index (χ0n) is 9.88. The van der Waals surface area contributed by atoms with E-state index in [4.69, 9.17) is 5.11 Å². The van der Waals surface area contributed by atoms with Gasteiger partial charge in [0, 0.05) is 0 Å². The molecule has 0 fully saturated rings. The Morgan fingerprint density at radius 3 is 2.32 bits per heavy atom. The molecule has 4 nitrogen and oxygen atoms in total. The number of nitrogens with zero attached hydrogens (tertiary/aromatic N) is 1. The van der Waals surface area contributed by atoms with Gasteiger partial charge in [-0.1, -0.05) is 12.1 Å². The van der Waals surface area contributed by atoms with Crippen molar-refractivity contribution >= 4 is 17.9 Å². The van der Waals surface area contributed by atoms with Crippen LogP contribution in [-0.4, -0.2) is 17.3 Å². The highest BCUT2D eigenvalue weighted by atomic mass is 19.1. The number of carboxylic acid groups (broad SMARTS) is 1. The summed E-state index contributed by atoms with van der Waals surface area (Å²) >= 11 is 0. The van der Waals surface area contributed by atoms with Gasteiger partial charge < -0.3 is 5.11 Å². The minimum absolute atomic E-state index is 0.226. The number of carbonyl (C=O) groups is 1. The van der Waals surface area contributed by atoms with Gasteiger partial charge in [0.05, 0.1) is 17.5 Å². The largest absolute Gasteiger partial charge is 0.478 e. The molecule has 0 saturated heterocycles. The summed E-state index contributed by atoms with van der Waals surface area (Å²) in [5.41, 5.74) is 4.40. The lowest BCUT2D eigenvalue weighted by molar-refractivity contribution is 0.0697. The van der Waals surface area contributed by atoms with E-state index in [1.165, 1.54) is 24.3 Å². The van der Waals surface area contributed by atoms with E-state index < -0.39 is 5.97 Å². The molecular weight excluding hydrogens is 247 g/mol. The van der Waals surface area contributed by atoms with Gasteiger partial charge in [-0.05, 0) is 42.0 Å². The van der Waals surface area contributed by atoms with Crippen molar-refractivity contribution < 1.29 is 14.3 Å². The first-order chi connectivity index (χ1) is 9.15. The second-order valence-corrected chi connectivity index (χ2v) is 3.80. The van der Waals surface area contributed by atoms with E-state index in [0.717, 1.165) is 5.56 Å². The van der Waals surface area contributed by atoms with Crippen LogP contribution in [0.2, 0.25) is 0 Å². The monoisotopic (exact) mass is 258 g/mol. The van der Waals surface area contributed by atoms with Crippen LogP contribution in [0, 0.1) is 5.82 Å². The summed E-state index contributed by atoms with van der Waals surface area (Å²) < 4.78 is 12.7. The molecule has 0 aromatic heterocycles. The molecule has 0 aliphatic rings. The molecule has 0 radical (unpaired) electrons. The van der Waals surface area contributed by atoms with Gasteiger partial charge in [-0.15, -0.1) is 0 Å². The van der Waals surface area contributed by atoms with Crippen molar-refractivity contribution in [2.75, 3.05) is 5.43 Å². The molecule has 0 amide bonds. The van der Waals surface area contributed by atoms with E-state index in [1.807, 2.05) is 0 Å². The first-order valence-electron chi connectivity index (χ1n) is 5.53. The van der Waals surface area contributed by atoms with E-state index >= 15 is 0 Å². The molecule has 0 heterocycles. The standard InChI is InChI=1S/C14H11FN2O2/c15-12-5-7-13(8-6-12)17-16-9-10-1-3-11(4-2-10)14(18)19/h1-9,17H,(H,18,19)/b16-9-. The molecule has 0 aliphatic heterocycles. The molecule has 0 spiro atoms. The van der Waals surface area contributed by atoms with Crippen LogP contribution in [0.4, 0.5) is 10.1 Å². The molecule has 0 aliphatic carbocycles. The Kier molecular flexibility index (Phi) is 3.87. The van der Waals surface area contributed by atoms with Crippen LogP contribution in [0.5, 0.6) is 0 Å². The number of hydrogen-bond donors (Lipinski definition) is 2. The van der Waals surface area contributed by atoms with Crippen LogP contribution in [0.3, 0.4) is 0 Å². The van der Waals surface area contributed by atoms with Crippen LogP contribution < -0.4 is 5.43 Å². The second kappa shape index (κ2) is 5.77. The van der Waals surface area contributed by atoms with E-state index in [1.54, 1.807) is 30.5 Å². The van der Waals surface area contributed by atoms with Crippen LogP contribution in [-0.2, 0) is 0 Å². The zero-order chi connectivity index (χ0) is 13.7. The summed E-state index contributed by atoms with van der Waals surface area (Å²) in [6, 6.07) is 12.1. The van der Waals surface area contributed by atoms with Crippen molar-refractivity contribution in [3.63, 3.8) is 0 Å². The molecule has 2 rings (SSSR count). The lowest BCUT2D eigenvalue weighted by atomic mass is 10.1. The molecular formula is C14H11FN2O2. The first-order valence-corrected chi connectivity index (χ1v) is 5.53. The highest BCUT2D eigenvalue weighted by Crippen LogP contribution is 2.08. The molecule has 0 atom stereocenters. The summed E-state index contributed by atoms with van der Waals surface area (Å²) in [7, 11) is 0. The minimum Gasteiger partial charge on any atom is -0.478 e. The number of hydrazone groups is 1. The third kappa shape index (κ3) is 3.64. The summed E-state index contributed by atoms with van der Waals surface area (Å²) in [4.78, 5) is 10.7. The number of anilines is 1. The maximum absolute atomic E-state index is 12.7. The number of benzene rings is 2. The summed E-state index contributed by atoms with van der Waals surface area (Å²) in [6.45, 7) is 0. The van der Waals surface area contributed by atoms with Crippen molar-refractivity contribution in [3.05, 3.63) is 65.5 Å². The van der Waals surface area contributed by atoms with Gasteiger partial charge >= 0.3 is 5.97 Å². The summed E-state index contributed by atoms with van der Waals surface area (Å²) in [5, 5.41) is 12.7. The van der Waals surface area contributed by atoms with Gasteiger partial charge in [-0.25, -0.2) is 9.18 Å². The maximum atomic E-state index is 12.7. The molecule has 2 N–H and O–H groups in total. The average molecular weight is 258 g/mol. The van der Waals surface area contributed by atoms with Crippen molar-refractivity contribution in [2.24, 2.45) is 5.10 Å². The smallest absolute Gasteiger partial charge is 0.335 e. The van der Waals surface area contributed by atoms with Gasteiger partial charge in [-0.2, -0.15) is 5.10 Å². The second-order valence-electron chi connectivity index (χ2n) is 3.80. The number of nitrogens with one attached hydrogen (secondary N) is 1. The van der Waals surface area contributed by atoms with Gasteiger partial charge in [0.25, 0.3) is 0 Å². The van der Waals surface area contributed by atoms with Crippen molar-refractivity contribution in [3.8, 4) is 0 Å². The predicted octanol–water partition coefficient (Wildman–Crippen LogP) is 2.97. The van der Waals surface area contributed by atoms with E-state index in [9.17, 15) is 9.18 Å². The van der Waals surface area contributed by atoms with Gasteiger partial charge in [0.15, 0.2) is 0 Å². The van der Waals surface area contributed by atoms with Crippen molar-refractivity contribution in [2.45, 2.75) is 0 Å².